The van der Waals surface area contributed by atoms with Crippen molar-refractivity contribution in [3.63, 3.8) is 0 Å². The Kier molecular flexibility index (Phi) is 1.77. The Morgan fingerprint density at radius 1 is 1.50 bits per heavy atom. The molecule has 0 spiro atoms. The summed E-state index contributed by atoms with van der Waals surface area (Å²) >= 11 is -1.27. The molecule has 0 amide bonds. The first-order chi connectivity index (χ1) is 6.72. The van der Waals surface area contributed by atoms with Gasteiger partial charge in [0.15, 0.2) is 11.1 Å². The molecule has 2 saturated carbocycles. The molecule has 3 fully saturated rings. The fraction of sp³-hybridized carbons (Fsp3) is 0.889. The summed E-state index contributed by atoms with van der Waals surface area (Å²) in [6.45, 7) is 0. The Balaban J connectivity index is 1.95. The van der Waals surface area contributed by atoms with Crippen LogP contribution in [0.25, 0.3) is 0 Å². The molecule has 0 aromatic heterocycles. The van der Waals surface area contributed by atoms with Crippen LogP contribution in [0.3, 0.4) is 0 Å². The summed E-state index contributed by atoms with van der Waals surface area (Å²) in [7, 11) is 1.39. The predicted octanol–water partition coefficient (Wildman–Crippen LogP) is 0.247. The van der Waals surface area contributed by atoms with E-state index in [1.54, 1.807) is 0 Å². The van der Waals surface area contributed by atoms with Gasteiger partial charge in [-0.05, 0) is 18.8 Å². The Bertz CT molecular complexity index is 314. The van der Waals surface area contributed by atoms with E-state index in [1.165, 1.54) is 7.11 Å². The highest BCUT2D eigenvalue weighted by atomic mass is 32.2. The van der Waals surface area contributed by atoms with Crippen LogP contribution in [-0.2, 0) is 24.8 Å². The number of fused-ring (bicyclic) bond motifs is 1. The molecule has 3 aliphatic rings. The molecule has 1 saturated heterocycles. The van der Waals surface area contributed by atoms with Gasteiger partial charge in [0.25, 0.3) is 0 Å². The predicted molar refractivity (Wildman–Crippen MR) is 48.5 cm³/mol. The smallest absolute Gasteiger partial charge is 0.310 e. The maximum absolute atomic E-state index is 11.6. The second-order valence-electron chi connectivity index (χ2n) is 4.30. The SMILES string of the molecule is COC(=O)C1C2CC3OS(=O)C1C3C2. The van der Waals surface area contributed by atoms with Crippen LogP contribution in [0.5, 0.6) is 0 Å². The largest absolute Gasteiger partial charge is 0.469 e. The zero-order valence-electron chi connectivity index (χ0n) is 7.84. The van der Waals surface area contributed by atoms with E-state index in [1.807, 2.05) is 0 Å². The fourth-order valence-corrected chi connectivity index (χ4v) is 5.00. The van der Waals surface area contributed by atoms with Crippen molar-refractivity contribution in [1.29, 1.82) is 0 Å². The van der Waals surface area contributed by atoms with Crippen LogP contribution in [0.2, 0.25) is 0 Å². The highest BCUT2D eigenvalue weighted by Gasteiger charge is 2.63. The lowest BCUT2D eigenvalue weighted by Crippen LogP contribution is -2.35. The number of esters is 1. The van der Waals surface area contributed by atoms with Crippen LogP contribution < -0.4 is 0 Å². The van der Waals surface area contributed by atoms with Crippen molar-refractivity contribution in [3.05, 3.63) is 0 Å². The summed E-state index contributed by atoms with van der Waals surface area (Å²) in [5, 5.41) is -0.0915. The lowest BCUT2D eigenvalue weighted by molar-refractivity contribution is -0.147. The van der Waals surface area contributed by atoms with E-state index in [0.29, 0.717) is 11.8 Å². The van der Waals surface area contributed by atoms with E-state index in [9.17, 15) is 9.00 Å². The lowest BCUT2D eigenvalue weighted by Gasteiger charge is -2.22. The maximum atomic E-state index is 11.6. The van der Waals surface area contributed by atoms with Gasteiger partial charge < -0.3 is 4.74 Å². The van der Waals surface area contributed by atoms with E-state index in [2.05, 4.69) is 0 Å². The van der Waals surface area contributed by atoms with Gasteiger partial charge in [-0.15, -0.1) is 0 Å². The second-order valence-corrected chi connectivity index (χ2v) is 5.56. The minimum absolute atomic E-state index is 0.0915. The van der Waals surface area contributed by atoms with Crippen LogP contribution in [0, 0.1) is 17.8 Å². The third-order valence-electron chi connectivity index (χ3n) is 3.79. The van der Waals surface area contributed by atoms with Gasteiger partial charge in [0.2, 0.25) is 0 Å². The second kappa shape index (κ2) is 2.79. The molecule has 1 aliphatic heterocycles. The summed E-state index contributed by atoms with van der Waals surface area (Å²) in [5.74, 6) is 0.295. The Morgan fingerprint density at radius 2 is 2.29 bits per heavy atom. The van der Waals surface area contributed by atoms with Crippen LogP contribution in [-0.4, -0.2) is 28.6 Å². The Labute approximate surface area is 84.6 Å². The number of hydrogen-bond donors (Lipinski definition) is 0. The molecule has 78 valence electrons. The number of carbonyl (C=O) groups excluding carboxylic acids is 1. The molecule has 1 heterocycles. The van der Waals surface area contributed by atoms with Crippen molar-refractivity contribution in [3.8, 4) is 0 Å². The average molecular weight is 216 g/mol. The highest BCUT2D eigenvalue weighted by Crippen LogP contribution is 2.56. The fourth-order valence-electron chi connectivity index (χ4n) is 3.27. The molecule has 0 aromatic rings. The van der Waals surface area contributed by atoms with E-state index >= 15 is 0 Å². The van der Waals surface area contributed by atoms with Crippen molar-refractivity contribution in [2.75, 3.05) is 7.11 Å². The third-order valence-corrected chi connectivity index (χ3v) is 5.31. The lowest BCUT2D eigenvalue weighted by atomic mass is 9.87. The first kappa shape index (κ1) is 8.85. The summed E-state index contributed by atoms with van der Waals surface area (Å²) in [5.41, 5.74) is 0. The first-order valence-electron chi connectivity index (χ1n) is 4.88. The van der Waals surface area contributed by atoms with Crippen molar-refractivity contribution >= 4 is 17.0 Å². The minimum atomic E-state index is -1.27. The zero-order valence-corrected chi connectivity index (χ0v) is 8.66. The molecule has 0 N–H and O–H groups in total. The molecular weight excluding hydrogens is 204 g/mol. The van der Waals surface area contributed by atoms with E-state index < -0.39 is 11.1 Å². The van der Waals surface area contributed by atoms with Gasteiger partial charge in [-0.3, -0.25) is 8.98 Å². The number of hydrogen-bond acceptors (Lipinski definition) is 4. The van der Waals surface area contributed by atoms with E-state index in [4.69, 9.17) is 8.92 Å². The zero-order chi connectivity index (χ0) is 9.87. The van der Waals surface area contributed by atoms with Crippen LogP contribution in [0.1, 0.15) is 12.8 Å². The maximum Gasteiger partial charge on any atom is 0.310 e. The van der Waals surface area contributed by atoms with Gasteiger partial charge >= 0.3 is 5.97 Å². The van der Waals surface area contributed by atoms with Crippen molar-refractivity contribution in [2.45, 2.75) is 24.2 Å². The molecule has 6 atom stereocenters. The molecule has 2 aliphatic carbocycles. The molecule has 0 aromatic carbocycles. The van der Waals surface area contributed by atoms with Gasteiger partial charge in [0.1, 0.15) is 0 Å². The van der Waals surface area contributed by atoms with E-state index in [0.717, 1.165) is 12.8 Å². The van der Waals surface area contributed by atoms with Crippen LogP contribution in [0.4, 0.5) is 0 Å². The Morgan fingerprint density at radius 3 is 3.00 bits per heavy atom. The Hall–Kier alpha value is -0.420. The van der Waals surface area contributed by atoms with Crippen molar-refractivity contribution in [2.24, 2.45) is 17.8 Å². The molecule has 6 unspecified atom stereocenters. The van der Waals surface area contributed by atoms with Gasteiger partial charge in [-0.2, -0.15) is 0 Å². The highest BCUT2D eigenvalue weighted by molar-refractivity contribution is 7.81. The van der Waals surface area contributed by atoms with Gasteiger partial charge in [0.05, 0.1) is 24.4 Å². The number of carbonyl (C=O) groups is 1. The summed E-state index contributed by atoms with van der Waals surface area (Å²) < 4.78 is 21.7. The van der Waals surface area contributed by atoms with Crippen molar-refractivity contribution < 1.29 is 17.9 Å². The monoisotopic (exact) mass is 216 g/mol. The van der Waals surface area contributed by atoms with Crippen LogP contribution >= 0.6 is 0 Å². The molecule has 0 radical (unpaired) electrons. The molecular formula is C9H12O4S. The van der Waals surface area contributed by atoms with Gasteiger partial charge in [-0.1, -0.05) is 0 Å². The number of methoxy groups -OCH3 is 1. The number of rotatable bonds is 1. The summed E-state index contributed by atoms with van der Waals surface area (Å²) in [6, 6.07) is 0. The van der Waals surface area contributed by atoms with Crippen molar-refractivity contribution in [1.82, 2.24) is 0 Å². The first-order valence-corrected chi connectivity index (χ1v) is 6.01. The van der Waals surface area contributed by atoms with Crippen LogP contribution in [0.15, 0.2) is 0 Å². The minimum Gasteiger partial charge on any atom is -0.469 e. The van der Waals surface area contributed by atoms with Gasteiger partial charge in [0, 0.05) is 5.92 Å². The molecule has 4 nitrogen and oxygen atoms in total. The quantitative estimate of drug-likeness (QED) is 0.589. The van der Waals surface area contributed by atoms with Gasteiger partial charge in [-0.25, -0.2) is 4.21 Å². The third kappa shape index (κ3) is 0.918. The summed E-state index contributed by atoms with van der Waals surface area (Å²) in [6.07, 6.45) is 2.01. The molecule has 5 heteroatoms. The molecule has 3 rings (SSSR count). The molecule has 14 heavy (non-hydrogen) atoms. The number of ether oxygens (including phenoxy) is 1. The average Bonchev–Trinajstić information content (AvgIpc) is 2.75. The normalized spacial score (nSPS) is 53.8. The summed E-state index contributed by atoms with van der Waals surface area (Å²) in [4.78, 5) is 11.5. The standard InChI is InChI=1S/C9H12O4S/c1-12-9(10)7-4-2-5-6(3-4)13-14(11)8(5)7/h4-8H,2-3H2,1H3. The topological polar surface area (TPSA) is 52.6 Å². The van der Waals surface area contributed by atoms with E-state index in [-0.39, 0.29) is 23.2 Å². The molecule has 2 bridgehead atoms.